The van der Waals surface area contributed by atoms with Gasteiger partial charge in [0.25, 0.3) is 0 Å². The van der Waals surface area contributed by atoms with Gasteiger partial charge in [-0.05, 0) is 48.9 Å². The quantitative estimate of drug-likeness (QED) is 0.483. The van der Waals surface area contributed by atoms with Crippen LogP contribution in [0.3, 0.4) is 0 Å². The van der Waals surface area contributed by atoms with Crippen LogP contribution >= 0.6 is 11.6 Å². The van der Waals surface area contributed by atoms with Crippen LogP contribution in [0.25, 0.3) is 16.9 Å². The second kappa shape index (κ2) is 7.92. The highest BCUT2D eigenvalue weighted by Crippen LogP contribution is 2.32. The van der Waals surface area contributed by atoms with E-state index in [-0.39, 0.29) is 5.91 Å². The van der Waals surface area contributed by atoms with Gasteiger partial charge in [0.1, 0.15) is 5.75 Å². The Morgan fingerprint density at radius 3 is 2.68 bits per heavy atom. The molecule has 0 atom stereocenters. The summed E-state index contributed by atoms with van der Waals surface area (Å²) in [5.41, 5.74) is 4.30. The number of amides is 1. The van der Waals surface area contributed by atoms with Gasteiger partial charge in [0.05, 0.1) is 24.0 Å². The number of halogens is 1. The van der Waals surface area contributed by atoms with E-state index in [1.54, 1.807) is 19.5 Å². The number of methoxy groups -OCH3 is 1. The first-order valence-electron chi connectivity index (χ1n) is 9.97. The lowest BCUT2D eigenvalue weighted by molar-refractivity contribution is -0.117. The fourth-order valence-corrected chi connectivity index (χ4v) is 4.09. The first kappa shape index (κ1) is 19.4. The molecule has 1 saturated heterocycles. The number of fused-ring (bicyclic) bond motifs is 1. The molecule has 3 heterocycles. The number of hydrogen-bond acceptors (Lipinski definition) is 5. The van der Waals surface area contributed by atoms with Crippen LogP contribution in [-0.4, -0.2) is 33.9 Å². The third-order valence-electron chi connectivity index (χ3n) is 5.39. The van der Waals surface area contributed by atoms with Crippen LogP contribution in [0.4, 0.5) is 17.2 Å². The molecule has 156 valence electrons. The van der Waals surface area contributed by atoms with E-state index in [1.165, 1.54) is 0 Å². The fourth-order valence-electron chi connectivity index (χ4n) is 3.83. The summed E-state index contributed by atoms with van der Waals surface area (Å²) in [6.07, 6.45) is 6.91. The van der Waals surface area contributed by atoms with Crippen molar-refractivity contribution in [2.75, 3.05) is 23.9 Å². The molecule has 31 heavy (non-hydrogen) atoms. The van der Waals surface area contributed by atoms with Crippen molar-refractivity contribution in [3.63, 3.8) is 0 Å². The van der Waals surface area contributed by atoms with Crippen molar-refractivity contribution in [3.8, 4) is 17.0 Å². The van der Waals surface area contributed by atoms with Crippen molar-refractivity contribution in [3.05, 3.63) is 66.1 Å². The predicted octanol–water partition coefficient (Wildman–Crippen LogP) is 4.93. The summed E-state index contributed by atoms with van der Waals surface area (Å²) >= 11 is 6.30. The Balaban J connectivity index is 1.44. The van der Waals surface area contributed by atoms with Crippen LogP contribution in [0, 0.1) is 0 Å². The maximum atomic E-state index is 11.9. The number of carbonyl (C=O) groups is 1. The molecule has 8 heteroatoms. The number of ether oxygens (including phenoxy) is 1. The van der Waals surface area contributed by atoms with E-state index >= 15 is 0 Å². The molecule has 1 aliphatic heterocycles. The van der Waals surface area contributed by atoms with Gasteiger partial charge >= 0.3 is 0 Å². The van der Waals surface area contributed by atoms with Crippen LogP contribution in [0.15, 0.2) is 61.1 Å². The molecule has 5 rings (SSSR count). The molecule has 4 aromatic rings. The van der Waals surface area contributed by atoms with Crippen LogP contribution in [0.2, 0.25) is 5.02 Å². The van der Waals surface area contributed by atoms with Crippen LogP contribution in [-0.2, 0) is 4.79 Å². The number of anilines is 3. The Morgan fingerprint density at radius 2 is 1.97 bits per heavy atom. The lowest BCUT2D eigenvalue weighted by Crippen LogP contribution is -2.23. The number of carbonyl (C=O) groups excluding carboxylic acids is 1. The second-order valence-electron chi connectivity index (χ2n) is 7.28. The molecule has 2 aromatic carbocycles. The maximum Gasteiger partial charge on any atom is 0.227 e. The van der Waals surface area contributed by atoms with Crippen molar-refractivity contribution >= 4 is 40.3 Å². The number of benzene rings is 2. The van der Waals surface area contributed by atoms with Gasteiger partial charge in [-0.25, -0.2) is 9.97 Å². The molecule has 0 saturated carbocycles. The average molecular weight is 434 g/mol. The molecular weight excluding hydrogens is 414 g/mol. The van der Waals surface area contributed by atoms with E-state index in [1.807, 2.05) is 58.0 Å². The molecule has 1 aliphatic rings. The van der Waals surface area contributed by atoms with Gasteiger partial charge in [0.2, 0.25) is 5.91 Å². The van der Waals surface area contributed by atoms with Gasteiger partial charge in [0, 0.05) is 42.3 Å². The van der Waals surface area contributed by atoms with E-state index in [0.717, 1.165) is 35.6 Å². The highest BCUT2D eigenvalue weighted by Gasteiger charge is 2.21. The van der Waals surface area contributed by atoms with Crippen molar-refractivity contribution in [2.45, 2.75) is 12.8 Å². The number of nitrogens with zero attached hydrogens (tertiary/aromatic N) is 4. The lowest BCUT2D eigenvalue weighted by atomic mass is 10.1. The van der Waals surface area contributed by atoms with E-state index in [9.17, 15) is 4.79 Å². The van der Waals surface area contributed by atoms with Crippen molar-refractivity contribution in [1.82, 2.24) is 14.4 Å². The fraction of sp³-hybridized carbons (Fsp3) is 0.174. The van der Waals surface area contributed by atoms with Crippen LogP contribution < -0.4 is 15.0 Å². The van der Waals surface area contributed by atoms with Gasteiger partial charge < -0.3 is 15.0 Å². The molecule has 0 aliphatic carbocycles. The third kappa shape index (κ3) is 3.57. The first-order chi connectivity index (χ1) is 15.1. The molecule has 1 fully saturated rings. The number of imidazole rings is 1. The first-order valence-corrected chi connectivity index (χ1v) is 10.4. The SMILES string of the molecule is COc1ccc(-c2cnc3c(Nc4ccc(N5CCCC5=O)cc4)nccn23)cc1Cl. The molecule has 1 amide bonds. The standard InChI is InChI=1S/C23H20ClN5O2/c1-31-20-9-4-15(13-18(20)24)19-14-26-23-22(25-10-12-29(19)23)27-16-5-7-17(8-6-16)28-11-2-3-21(28)30/h4-10,12-14H,2-3,11H2,1H3,(H,25,27). The number of rotatable bonds is 5. The Hall–Kier alpha value is -3.58. The van der Waals surface area contributed by atoms with Crippen molar-refractivity contribution in [2.24, 2.45) is 0 Å². The van der Waals surface area contributed by atoms with Gasteiger partial charge in [-0.3, -0.25) is 9.20 Å². The Morgan fingerprint density at radius 1 is 1.13 bits per heavy atom. The Bertz CT molecular complexity index is 1270. The highest BCUT2D eigenvalue weighted by atomic mass is 35.5. The summed E-state index contributed by atoms with van der Waals surface area (Å²) in [4.78, 5) is 22.8. The largest absolute Gasteiger partial charge is 0.495 e. The zero-order valence-electron chi connectivity index (χ0n) is 16.9. The zero-order chi connectivity index (χ0) is 21.4. The van der Waals surface area contributed by atoms with E-state index in [4.69, 9.17) is 16.3 Å². The maximum absolute atomic E-state index is 11.9. The smallest absolute Gasteiger partial charge is 0.227 e. The molecular formula is C23H20ClN5O2. The topological polar surface area (TPSA) is 71.8 Å². The number of nitrogens with one attached hydrogen (secondary N) is 1. The average Bonchev–Trinajstić information content (AvgIpc) is 3.41. The molecule has 0 radical (unpaired) electrons. The van der Waals surface area contributed by atoms with Gasteiger partial charge in [0.15, 0.2) is 11.5 Å². The normalized spacial score (nSPS) is 13.7. The van der Waals surface area contributed by atoms with E-state index < -0.39 is 0 Å². The summed E-state index contributed by atoms with van der Waals surface area (Å²) in [6.45, 7) is 0.776. The summed E-state index contributed by atoms with van der Waals surface area (Å²) in [5.74, 6) is 1.44. The summed E-state index contributed by atoms with van der Waals surface area (Å²) in [6, 6.07) is 13.4. The summed E-state index contributed by atoms with van der Waals surface area (Å²) in [5, 5.41) is 3.87. The van der Waals surface area contributed by atoms with Crippen molar-refractivity contribution < 1.29 is 9.53 Å². The van der Waals surface area contributed by atoms with Gasteiger partial charge in [-0.1, -0.05) is 11.6 Å². The van der Waals surface area contributed by atoms with Crippen molar-refractivity contribution in [1.29, 1.82) is 0 Å². The van der Waals surface area contributed by atoms with Gasteiger partial charge in [-0.15, -0.1) is 0 Å². The Labute approximate surface area is 184 Å². The van der Waals surface area contributed by atoms with Crippen LogP contribution in [0.5, 0.6) is 5.75 Å². The highest BCUT2D eigenvalue weighted by molar-refractivity contribution is 6.32. The second-order valence-corrected chi connectivity index (χ2v) is 7.69. The lowest BCUT2D eigenvalue weighted by Gasteiger charge is -2.16. The molecule has 2 aromatic heterocycles. The summed E-state index contributed by atoms with van der Waals surface area (Å²) < 4.78 is 7.20. The number of hydrogen-bond donors (Lipinski definition) is 1. The molecule has 0 spiro atoms. The number of aromatic nitrogens is 3. The minimum atomic E-state index is 0.177. The molecule has 7 nitrogen and oxygen atoms in total. The predicted molar refractivity (Wildman–Crippen MR) is 121 cm³/mol. The minimum absolute atomic E-state index is 0.177. The van der Waals surface area contributed by atoms with E-state index in [2.05, 4.69) is 15.3 Å². The summed E-state index contributed by atoms with van der Waals surface area (Å²) in [7, 11) is 1.59. The molecule has 0 unspecified atom stereocenters. The van der Waals surface area contributed by atoms with E-state index in [0.29, 0.717) is 28.7 Å². The minimum Gasteiger partial charge on any atom is -0.495 e. The third-order valence-corrected chi connectivity index (χ3v) is 5.69. The zero-order valence-corrected chi connectivity index (χ0v) is 17.6. The monoisotopic (exact) mass is 433 g/mol. The molecule has 1 N–H and O–H groups in total. The molecule has 0 bridgehead atoms. The van der Waals surface area contributed by atoms with Crippen LogP contribution in [0.1, 0.15) is 12.8 Å². The van der Waals surface area contributed by atoms with Gasteiger partial charge in [-0.2, -0.15) is 0 Å². The Kier molecular flexibility index (Phi) is 4.95.